The van der Waals surface area contributed by atoms with Crippen molar-refractivity contribution < 1.29 is 9.90 Å². The molecule has 0 spiro atoms. The van der Waals surface area contributed by atoms with Crippen LogP contribution in [-0.4, -0.2) is 34.4 Å². The van der Waals surface area contributed by atoms with Crippen LogP contribution in [0.5, 0.6) is 0 Å². The van der Waals surface area contributed by atoms with Crippen LogP contribution in [0.15, 0.2) is 36.4 Å². The van der Waals surface area contributed by atoms with E-state index in [-0.39, 0.29) is 5.92 Å². The van der Waals surface area contributed by atoms with Gasteiger partial charge in [0, 0.05) is 18.7 Å². The van der Waals surface area contributed by atoms with Crippen LogP contribution in [0.1, 0.15) is 18.4 Å². The summed E-state index contributed by atoms with van der Waals surface area (Å²) in [6, 6.07) is 12.1. The lowest BCUT2D eigenvalue weighted by Crippen LogP contribution is -2.36. The van der Waals surface area contributed by atoms with Crippen molar-refractivity contribution in [1.82, 2.24) is 10.2 Å². The molecule has 22 heavy (non-hydrogen) atoms. The number of carboxylic acid groups (broad SMARTS) is 1. The summed E-state index contributed by atoms with van der Waals surface area (Å²) in [5.41, 5.74) is 3.11. The van der Waals surface area contributed by atoms with Gasteiger partial charge in [-0.05, 0) is 38.0 Å². The standard InChI is InChI=1S/C17H19N3O2/c1-12-3-2-4-14(11-12)15-5-6-16(19-18-15)20-9-7-13(8-10-20)17(21)22/h2-6,11,13H,7-10H2,1H3,(H,21,22). The predicted molar refractivity (Wildman–Crippen MR) is 84.8 cm³/mol. The summed E-state index contributed by atoms with van der Waals surface area (Å²) in [4.78, 5) is 13.1. The maximum absolute atomic E-state index is 11.0. The van der Waals surface area contributed by atoms with Gasteiger partial charge in [-0.3, -0.25) is 4.79 Å². The molecule has 0 unspecified atom stereocenters. The molecule has 1 aromatic heterocycles. The molecular formula is C17H19N3O2. The van der Waals surface area contributed by atoms with Crippen molar-refractivity contribution in [3.63, 3.8) is 0 Å². The van der Waals surface area contributed by atoms with Crippen molar-refractivity contribution in [2.45, 2.75) is 19.8 Å². The third kappa shape index (κ3) is 3.08. The second-order valence-corrected chi connectivity index (χ2v) is 5.75. The molecule has 5 heteroatoms. The Hall–Kier alpha value is -2.43. The topological polar surface area (TPSA) is 66.3 Å². The second-order valence-electron chi connectivity index (χ2n) is 5.75. The quantitative estimate of drug-likeness (QED) is 0.943. The van der Waals surface area contributed by atoms with E-state index < -0.39 is 5.97 Å². The van der Waals surface area contributed by atoms with Crippen molar-refractivity contribution in [2.24, 2.45) is 5.92 Å². The van der Waals surface area contributed by atoms with Gasteiger partial charge in [-0.2, -0.15) is 0 Å². The molecule has 0 atom stereocenters. The zero-order chi connectivity index (χ0) is 15.5. The Balaban J connectivity index is 1.71. The summed E-state index contributed by atoms with van der Waals surface area (Å²) in [7, 11) is 0. The Morgan fingerprint density at radius 3 is 2.55 bits per heavy atom. The number of aromatic nitrogens is 2. The van der Waals surface area contributed by atoms with Gasteiger partial charge in [-0.1, -0.05) is 23.8 Å². The Kier molecular flexibility index (Phi) is 4.04. The molecule has 1 aromatic carbocycles. The highest BCUT2D eigenvalue weighted by atomic mass is 16.4. The lowest BCUT2D eigenvalue weighted by molar-refractivity contribution is -0.142. The van der Waals surface area contributed by atoms with Crippen LogP contribution in [0.3, 0.4) is 0 Å². The SMILES string of the molecule is Cc1cccc(-c2ccc(N3CCC(C(=O)O)CC3)nn2)c1. The molecule has 0 saturated carbocycles. The maximum atomic E-state index is 11.0. The number of rotatable bonds is 3. The Morgan fingerprint density at radius 2 is 1.95 bits per heavy atom. The molecule has 114 valence electrons. The molecule has 0 aliphatic carbocycles. The molecule has 0 bridgehead atoms. The zero-order valence-corrected chi connectivity index (χ0v) is 12.6. The van der Waals surface area contributed by atoms with Gasteiger partial charge in [0.2, 0.25) is 0 Å². The van der Waals surface area contributed by atoms with Gasteiger partial charge in [-0.25, -0.2) is 0 Å². The number of piperidine rings is 1. The van der Waals surface area contributed by atoms with Gasteiger partial charge in [-0.15, -0.1) is 10.2 Å². The normalized spacial score (nSPS) is 15.8. The van der Waals surface area contributed by atoms with Gasteiger partial charge in [0.05, 0.1) is 11.6 Å². The summed E-state index contributed by atoms with van der Waals surface area (Å²) in [6.45, 7) is 3.49. The number of nitrogens with zero attached hydrogens (tertiary/aromatic N) is 3. The molecule has 1 fully saturated rings. The third-order valence-electron chi connectivity index (χ3n) is 4.13. The van der Waals surface area contributed by atoms with Gasteiger partial charge < -0.3 is 10.0 Å². The first-order chi connectivity index (χ1) is 10.6. The van der Waals surface area contributed by atoms with E-state index in [2.05, 4.69) is 34.2 Å². The Bertz CT molecular complexity index is 662. The van der Waals surface area contributed by atoms with Gasteiger partial charge in [0.25, 0.3) is 0 Å². The number of carboxylic acids is 1. The van der Waals surface area contributed by atoms with E-state index in [1.54, 1.807) is 0 Å². The molecule has 1 aliphatic heterocycles. The maximum Gasteiger partial charge on any atom is 0.306 e. The highest BCUT2D eigenvalue weighted by Crippen LogP contribution is 2.23. The number of anilines is 1. The lowest BCUT2D eigenvalue weighted by atomic mass is 9.97. The number of hydrogen-bond acceptors (Lipinski definition) is 4. The highest BCUT2D eigenvalue weighted by Gasteiger charge is 2.25. The number of carbonyl (C=O) groups is 1. The predicted octanol–water partition coefficient (Wildman–Crippen LogP) is 2.75. The first-order valence-corrected chi connectivity index (χ1v) is 7.52. The van der Waals surface area contributed by atoms with Crippen LogP contribution in [0, 0.1) is 12.8 Å². The molecule has 3 rings (SSSR count). The average Bonchev–Trinajstić information content (AvgIpc) is 2.55. The Labute approximate surface area is 129 Å². The van der Waals surface area contributed by atoms with Crippen molar-refractivity contribution in [2.75, 3.05) is 18.0 Å². The van der Waals surface area contributed by atoms with E-state index in [9.17, 15) is 4.79 Å². The molecule has 1 N–H and O–H groups in total. The highest BCUT2D eigenvalue weighted by molar-refractivity contribution is 5.70. The fourth-order valence-electron chi connectivity index (χ4n) is 2.81. The van der Waals surface area contributed by atoms with E-state index in [4.69, 9.17) is 5.11 Å². The molecule has 5 nitrogen and oxygen atoms in total. The molecular weight excluding hydrogens is 278 g/mol. The van der Waals surface area contributed by atoms with Gasteiger partial charge >= 0.3 is 5.97 Å². The summed E-state index contributed by atoms with van der Waals surface area (Å²) < 4.78 is 0. The van der Waals surface area contributed by atoms with Crippen LogP contribution >= 0.6 is 0 Å². The van der Waals surface area contributed by atoms with E-state index >= 15 is 0 Å². The molecule has 0 amide bonds. The minimum Gasteiger partial charge on any atom is -0.481 e. The first kappa shape index (κ1) is 14.5. The van der Waals surface area contributed by atoms with Crippen LogP contribution in [0.2, 0.25) is 0 Å². The first-order valence-electron chi connectivity index (χ1n) is 7.52. The smallest absolute Gasteiger partial charge is 0.306 e. The second kappa shape index (κ2) is 6.13. The molecule has 1 aliphatic rings. The summed E-state index contributed by atoms with van der Waals surface area (Å²) >= 11 is 0. The number of hydrogen-bond donors (Lipinski definition) is 1. The monoisotopic (exact) mass is 297 g/mol. The summed E-state index contributed by atoms with van der Waals surface area (Å²) in [5.74, 6) is -0.100. The Morgan fingerprint density at radius 1 is 1.18 bits per heavy atom. The van der Waals surface area contributed by atoms with Crippen LogP contribution < -0.4 is 4.90 Å². The molecule has 2 heterocycles. The average molecular weight is 297 g/mol. The van der Waals surface area contributed by atoms with Crippen molar-refractivity contribution in [1.29, 1.82) is 0 Å². The number of aryl methyl sites for hydroxylation is 1. The molecule has 0 radical (unpaired) electrons. The van der Waals surface area contributed by atoms with Crippen molar-refractivity contribution in [3.8, 4) is 11.3 Å². The summed E-state index contributed by atoms with van der Waals surface area (Å²) in [5, 5.41) is 17.7. The number of benzene rings is 1. The molecule has 1 saturated heterocycles. The van der Waals surface area contributed by atoms with Crippen LogP contribution in [-0.2, 0) is 4.79 Å². The van der Waals surface area contributed by atoms with E-state index in [1.165, 1.54) is 5.56 Å². The van der Waals surface area contributed by atoms with E-state index in [0.717, 1.165) is 30.2 Å². The van der Waals surface area contributed by atoms with Gasteiger partial charge in [0.15, 0.2) is 5.82 Å². The minimum absolute atomic E-state index is 0.226. The lowest BCUT2D eigenvalue weighted by Gasteiger charge is -2.30. The molecule has 2 aromatic rings. The third-order valence-corrected chi connectivity index (χ3v) is 4.13. The fraction of sp³-hybridized carbons (Fsp3) is 0.353. The van der Waals surface area contributed by atoms with Crippen molar-refractivity contribution >= 4 is 11.8 Å². The largest absolute Gasteiger partial charge is 0.481 e. The van der Waals surface area contributed by atoms with Crippen LogP contribution in [0.4, 0.5) is 5.82 Å². The van der Waals surface area contributed by atoms with Crippen molar-refractivity contribution in [3.05, 3.63) is 42.0 Å². The van der Waals surface area contributed by atoms with Gasteiger partial charge in [0.1, 0.15) is 0 Å². The number of aliphatic carboxylic acids is 1. The van der Waals surface area contributed by atoms with Crippen LogP contribution in [0.25, 0.3) is 11.3 Å². The minimum atomic E-state index is -0.694. The fourth-order valence-corrected chi connectivity index (χ4v) is 2.81. The van der Waals surface area contributed by atoms with E-state index in [1.807, 2.05) is 24.3 Å². The van der Waals surface area contributed by atoms with E-state index in [0.29, 0.717) is 12.8 Å². The zero-order valence-electron chi connectivity index (χ0n) is 12.6. The summed E-state index contributed by atoms with van der Waals surface area (Å²) in [6.07, 6.45) is 1.33.